The molecule has 2 aromatic rings. The first kappa shape index (κ1) is 17.0. The largest absolute Gasteiger partial charge is 0.289 e. The maximum Gasteiger partial charge on any atom is 0.255 e. The Morgan fingerprint density at radius 3 is 2.35 bits per heavy atom. The van der Waals surface area contributed by atoms with Crippen molar-refractivity contribution in [2.24, 2.45) is 0 Å². The van der Waals surface area contributed by atoms with Gasteiger partial charge in [0.05, 0.1) is 11.7 Å². The van der Waals surface area contributed by atoms with E-state index >= 15 is 0 Å². The lowest BCUT2D eigenvalue weighted by Crippen LogP contribution is -2.27. The van der Waals surface area contributed by atoms with E-state index in [9.17, 15) is 13.2 Å². The molecule has 0 aliphatic heterocycles. The van der Waals surface area contributed by atoms with Crippen molar-refractivity contribution in [1.29, 1.82) is 0 Å². The van der Waals surface area contributed by atoms with Crippen LogP contribution in [-0.2, 0) is 14.8 Å². The molecule has 2 rings (SSSR count). The van der Waals surface area contributed by atoms with Crippen LogP contribution in [0.3, 0.4) is 0 Å². The van der Waals surface area contributed by atoms with Crippen molar-refractivity contribution in [3.8, 4) is 0 Å². The fraction of sp³-hybridized carbons (Fsp3) is 0.188. The summed E-state index contributed by atoms with van der Waals surface area (Å²) in [5, 5.41) is 9.01. The van der Waals surface area contributed by atoms with Gasteiger partial charge in [-0.05, 0) is 30.2 Å². The summed E-state index contributed by atoms with van der Waals surface area (Å²) in [5.41, 5.74) is 3.29. The van der Waals surface area contributed by atoms with Gasteiger partial charge in [0.15, 0.2) is 0 Å². The number of nitrogens with one attached hydrogen (secondary N) is 2. The van der Waals surface area contributed by atoms with Crippen LogP contribution in [0.25, 0.3) is 0 Å². The Hall–Kier alpha value is -2.38. The van der Waals surface area contributed by atoms with Gasteiger partial charge in [-0.15, -0.1) is 0 Å². The van der Waals surface area contributed by atoms with Crippen LogP contribution in [0, 0.1) is 0 Å². The lowest BCUT2D eigenvalue weighted by Gasteiger charge is -2.17. The molecule has 1 amide bonds. The molecule has 0 aromatic heterocycles. The molecule has 0 saturated carbocycles. The Bertz CT molecular complexity index is 776. The van der Waals surface area contributed by atoms with E-state index in [1.54, 1.807) is 54.0 Å². The van der Waals surface area contributed by atoms with Crippen LogP contribution in [0.1, 0.15) is 24.0 Å². The third-order valence-electron chi connectivity index (χ3n) is 3.38. The van der Waals surface area contributed by atoms with Crippen molar-refractivity contribution < 1.29 is 18.4 Å². The number of benzene rings is 2. The van der Waals surface area contributed by atoms with Gasteiger partial charge in [-0.3, -0.25) is 14.7 Å². The van der Waals surface area contributed by atoms with Gasteiger partial charge in [-0.25, -0.2) is 13.9 Å². The number of hydrogen-bond donors (Lipinski definition) is 3. The van der Waals surface area contributed by atoms with Crippen LogP contribution in [0.5, 0.6) is 0 Å². The molecule has 0 fully saturated rings. The third-order valence-corrected chi connectivity index (χ3v) is 4.69. The van der Waals surface area contributed by atoms with Crippen molar-refractivity contribution in [3.63, 3.8) is 0 Å². The lowest BCUT2D eigenvalue weighted by atomic mass is 9.90. The summed E-state index contributed by atoms with van der Waals surface area (Å²) < 4.78 is 25.8. The summed E-state index contributed by atoms with van der Waals surface area (Å²) in [4.78, 5) is 12.1. The Morgan fingerprint density at radius 2 is 1.74 bits per heavy atom. The number of carbonyl (C=O) groups is 1. The summed E-state index contributed by atoms with van der Waals surface area (Å²) in [7, 11) is -3.41. The fourth-order valence-corrected chi connectivity index (χ4v) is 2.87. The molecule has 0 aliphatic rings. The molecule has 0 spiro atoms. The van der Waals surface area contributed by atoms with E-state index in [2.05, 4.69) is 4.72 Å². The predicted octanol–water partition coefficient (Wildman–Crippen LogP) is 2.09. The first-order chi connectivity index (χ1) is 11.0. The highest BCUT2D eigenvalue weighted by atomic mass is 32.2. The molecule has 23 heavy (non-hydrogen) atoms. The number of rotatable bonds is 6. The van der Waals surface area contributed by atoms with Gasteiger partial charge < -0.3 is 0 Å². The minimum atomic E-state index is -3.41. The first-order valence-electron chi connectivity index (χ1n) is 7.06. The van der Waals surface area contributed by atoms with Gasteiger partial charge in [0.1, 0.15) is 0 Å². The van der Waals surface area contributed by atoms with Crippen molar-refractivity contribution in [2.45, 2.75) is 12.8 Å². The van der Waals surface area contributed by atoms with E-state index in [4.69, 9.17) is 5.21 Å². The summed E-state index contributed by atoms with van der Waals surface area (Å²) in [6.07, 6.45) is 0. The number of anilines is 1. The highest BCUT2D eigenvalue weighted by Gasteiger charge is 2.22. The van der Waals surface area contributed by atoms with Crippen LogP contribution >= 0.6 is 0 Å². The molecule has 1 atom stereocenters. The molecule has 0 radical (unpaired) electrons. The molecule has 0 bridgehead atoms. The quantitative estimate of drug-likeness (QED) is 0.557. The Labute approximate surface area is 135 Å². The van der Waals surface area contributed by atoms with Crippen molar-refractivity contribution in [1.82, 2.24) is 5.48 Å². The smallest absolute Gasteiger partial charge is 0.255 e. The zero-order valence-corrected chi connectivity index (χ0v) is 13.4. The SMILES string of the molecule is CCS(=O)(=O)Nc1cccc(C(C(=O)NO)c2ccccc2)c1. The zero-order valence-electron chi connectivity index (χ0n) is 12.6. The minimum absolute atomic E-state index is 0.0452. The van der Waals surface area contributed by atoms with Gasteiger partial charge in [-0.1, -0.05) is 42.5 Å². The Morgan fingerprint density at radius 1 is 1.09 bits per heavy atom. The second-order valence-corrected chi connectivity index (χ2v) is 6.96. The number of amides is 1. The molecular formula is C16H18N2O4S. The van der Waals surface area contributed by atoms with Gasteiger partial charge in [-0.2, -0.15) is 0 Å². The topological polar surface area (TPSA) is 95.5 Å². The summed E-state index contributed by atoms with van der Waals surface area (Å²) >= 11 is 0. The van der Waals surface area contributed by atoms with Crippen LogP contribution in [0.15, 0.2) is 54.6 Å². The first-order valence-corrected chi connectivity index (χ1v) is 8.71. The fourth-order valence-electron chi connectivity index (χ4n) is 2.24. The van der Waals surface area contributed by atoms with Crippen LogP contribution in [0.4, 0.5) is 5.69 Å². The average Bonchev–Trinajstić information content (AvgIpc) is 2.56. The molecule has 6 nitrogen and oxygen atoms in total. The normalized spacial score (nSPS) is 12.4. The monoisotopic (exact) mass is 334 g/mol. The highest BCUT2D eigenvalue weighted by molar-refractivity contribution is 7.92. The molecule has 0 saturated heterocycles. The van der Waals surface area contributed by atoms with E-state index in [0.717, 1.165) is 0 Å². The third kappa shape index (κ3) is 4.30. The summed E-state index contributed by atoms with van der Waals surface area (Å²) in [6, 6.07) is 15.5. The van der Waals surface area contributed by atoms with E-state index in [-0.39, 0.29) is 5.75 Å². The minimum Gasteiger partial charge on any atom is -0.289 e. The average molecular weight is 334 g/mol. The van der Waals surface area contributed by atoms with Crippen molar-refractivity contribution in [2.75, 3.05) is 10.5 Å². The zero-order chi connectivity index (χ0) is 16.9. The van der Waals surface area contributed by atoms with E-state index < -0.39 is 21.8 Å². The number of carbonyl (C=O) groups excluding carboxylic acids is 1. The van der Waals surface area contributed by atoms with Gasteiger partial charge in [0, 0.05) is 5.69 Å². The van der Waals surface area contributed by atoms with Gasteiger partial charge in [0.2, 0.25) is 10.0 Å². The molecule has 2 aromatic carbocycles. The van der Waals surface area contributed by atoms with Crippen molar-refractivity contribution in [3.05, 3.63) is 65.7 Å². The Balaban J connectivity index is 2.42. The molecule has 3 N–H and O–H groups in total. The second kappa shape index (κ2) is 7.26. The summed E-state index contributed by atoms with van der Waals surface area (Å²) in [5.74, 6) is -1.38. The van der Waals surface area contributed by atoms with Crippen molar-refractivity contribution >= 4 is 21.6 Å². The maximum absolute atomic E-state index is 12.1. The van der Waals surface area contributed by atoms with Crippen LogP contribution in [0.2, 0.25) is 0 Å². The molecule has 1 unspecified atom stereocenters. The van der Waals surface area contributed by atoms with Gasteiger partial charge >= 0.3 is 0 Å². The Kier molecular flexibility index (Phi) is 5.36. The number of sulfonamides is 1. The molecule has 7 heteroatoms. The second-order valence-electron chi connectivity index (χ2n) is 4.95. The summed E-state index contributed by atoms with van der Waals surface area (Å²) in [6.45, 7) is 1.54. The highest BCUT2D eigenvalue weighted by Crippen LogP contribution is 2.27. The number of hydrogen-bond acceptors (Lipinski definition) is 4. The van der Waals surface area contributed by atoms with E-state index in [0.29, 0.717) is 16.8 Å². The lowest BCUT2D eigenvalue weighted by molar-refractivity contribution is -0.129. The van der Waals surface area contributed by atoms with E-state index in [1.165, 1.54) is 6.92 Å². The molecular weight excluding hydrogens is 316 g/mol. The molecule has 0 heterocycles. The molecule has 122 valence electrons. The van der Waals surface area contributed by atoms with Gasteiger partial charge in [0.25, 0.3) is 5.91 Å². The van der Waals surface area contributed by atoms with Crippen LogP contribution in [-0.4, -0.2) is 25.3 Å². The van der Waals surface area contributed by atoms with Crippen LogP contribution < -0.4 is 10.2 Å². The van der Waals surface area contributed by atoms with E-state index in [1.807, 2.05) is 6.07 Å². The maximum atomic E-state index is 12.1. The standard InChI is InChI=1S/C16H18N2O4S/c1-2-23(21,22)18-14-10-6-9-13(11-14)15(16(19)17-20)12-7-4-3-5-8-12/h3-11,15,18,20H,2H2,1H3,(H,17,19). The molecule has 0 aliphatic carbocycles. The number of hydroxylamine groups is 1. The predicted molar refractivity (Wildman–Crippen MR) is 87.7 cm³/mol.